The molecule has 2 saturated heterocycles. The van der Waals surface area contributed by atoms with Crippen molar-refractivity contribution < 1.29 is 13.2 Å². The number of piperidine rings is 1. The van der Waals surface area contributed by atoms with E-state index in [0.29, 0.717) is 12.5 Å². The molecular formula is C12H22N2O3S. The highest BCUT2D eigenvalue weighted by atomic mass is 32.2. The first-order chi connectivity index (χ1) is 8.39. The molecule has 2 rings (SSSR count). The van der Waals surface area contributed by atoms with Gasteiger partial charge in [-0.3, -0.25) is 0 Å². The molecule has 6 heteroatoms. The number of sulfone groups is 1. The van der Waals surface area contributed by atoms with Crippen LogP contribution in [0.5, 0.6) is 0 Å². The van der Waals surface area contributed by atoms with E-state index in [1.54, 1.807) is 4.90 Å². The lowest BCUT2D eigenvalue weighted by atomic mass is 10.0. The lowest BCUT2D eigenvalue weighted by molar-refractivity contribution is 0.122. The number of urea groups is 1. The molecule has 2 atom stereocenters. The number of nitrogens with zero attached hydrogens (tertiary/aromatic N) is 2. The van der Waals surface area contributed by atoms with Crippen LogP contribution in [-0.4, -0.2) is 61.4 Å². The maximum absolute atomic E-state index is 12.4. The van der Waals surface area contributed by atoms with Gasteiger partial charge in [-0.2, -0.15) is 0 Å². The molecule has 0 aromatic carbocycles. The smallest absolute Gasteiger partial charge is 0.320 e. The van der Waals surface area contributed by atoms with E-state index in [9.17, 15) is 13.2 Å². The van der Waals surface area contributed by atoms with E-state index in [0.717, 1.165) is 19.5 Å². The van der Waals surface area contributed by atoms with Crippen LogP contribution in [-0.2, 0) is 9.84 Å². The summed E-state index contributed by atoms with van der Waals surface area (Å²) in [6, 6.07) is -0.183. The fraction of sp³-hybridized carbons (Fsp3) is 0.917. The molecule has 104 valence electrons. The Bertz CT molecular complexity index is 421. The first-order valence-electron chi connectivity index (χ1n) is 6.65. The van der Waals surface area contributed by atoms with Gasteiger partial charge < -0.3 is 9.80 Å². The third-order valence-corrected chi connectivity index (χ3v) is 5.64. The Morgan fingerprint density at radius 3 is 2.56 bits per heavy atom. The molecule has 0 aromatic heterocycles. The van der Waals surface area contributed by atoms with Crippen LogP contribution in [0.3, 0.4) is 0 Å². The van der Waals surface area contributed by atoms with E-state index in [4.69, 9.17) is 0 Å². The van der Waals surface area contributed by atoms with Crippen LogP contribution in [0.25, 0.3) is 0 Å². The number of hydrogen-bond acceptors (Lipinski definition) is 3. The van der Waals surface area contributed by atoms with Gasteiger partial charge in [0, 0.05) is 25.7 Å². The highest BCUT2D eigenvalue weighted by Crippen LogP contribution is 2.19. The van der Waals surface area contributed by atoms with Gasteiger partial charge in [-0.05, 0) is 25.7 Å². The largest absolute Gasteiger partial charge is 0.324 e. The van der Waals surface area contributed by atoms with Crippen molar-refractivity contribution in [1.82, 2.24) is 9.80 Å². The van der Waals surface area contributed by atoms with E-state index >= 15 is 0 Å². The van der Waals surface area contributed by atoms with Crippen LogP contribution in [0.1, 0.15) is 26.7 Å². The number of hydrogen-bond donors (Lipinski definition) is 0. The summed E-state index contributed by atoms with van der Waals surface area (Å²) in [7, 11) is -2.95. The summed E-state index contributed by atoms with van der Waals surface area (Å²) in [5.74, 6) is 0.751. The first kappa shape index (κ1) is 13.6. The lowest BCUT2D eigenvalue weighted by Gasteiger charge is -2.39. The summed E-state index contributed by atoms with van der Waals surface area (Å²) in [6.45, 7) is 5.92. The van der Waals surface area contributed by atoms with Crippen molar-refractivity contribution in [2.24, 2.45) is 5.92 Å². The average molecular weight is 274 g/mol. The van der Waals surface area contributed by atoms with E-state index in [1.807, 2.05) is 11.8 Å². The third kappa shape index (κ3) is 2.96. The average Bonchev–Trinajstić information content (AvgIpc) is 2.27. The van der Waals surface area contributed by atoms with E-state index in [2.05, 4.69) is 6.92 Å². The van der Waals surface area contributed by atoms with Crippen molar-refractivity contribution in [1.29, 1.82) is 0 Å². The zero-order valence-corrected chi connectivity index (χ0v) is 11.9. The molecule has 0 bridgehead atoms. The predicted molar refractivity (Wildman–Crippen MR) is 70.2 cm³/mol. The molecular weight excluding hydrogens is 252 g/mol. The molecule has 0 N–H and O–H groups in total. The summed E-state index contributed by atoms with van der Waals surface area (Å²) in [6.07, 6.45) is 2.22. The normalized spacial score (nSPS) is 32.3. The zero-order valence-electron chi connectivity index (χ0n) is 11.1. The second-order valence-electron chi connectivity index (χ2n) is 5.63. The number of carbonyl (C=O) groups is 1. The van der Waals surface area contributed by atoms with E-state index in [1.165, 1.54) is 6.42 Å². The molecule has 0 spiro atoms. The van der Waals surface area contributed by atoms with Gasteiger partial charge in [0.05, 0.1) is 11.5 Å². The van der Waals surface area contributed by atoms with Gasteiger partial charge in [-0.15, -0.1) is 0 Å². The lowest BCUT2D eigenvalue weighted by Crippen LogP contribution is -2.55. The highest BCUT2D eigenvalue weighted by molar-refractivity contribution is 7.91. The van der Waals surface area contributed by atoms with Gasteiger partial charge in [0.1, 0.15) is 0 Å². The van der Waals surface area contributed by atoms with Crippen LogP contribution in [0.4, 0.5) is 4.79 Å². The minimum atomic E-state index is -2.95. The summed E-state index contributed by atoms with van der Waals surface area (Å²) >= 11 is 0. The van der Waals surface area contributed by atoms with E-state index in [-0.39, 0.29) is 23.6 Å². The van der Waals surface area contributed by atoms with Crippen molar-refractivity contribution in [3.8, 4) is 0 Å². The van der Waals surface area contributed by atoms with Crippen molar-refractivity contribution in [2.75, 3.05) is 31.1 Å². The Morgan fingerprint density at radius 2 is 1.94 bits per heavy atom. The Hall–Kier alpha value is -0.780. The van der Waals surface area contributed by atoms with Crippen molar-refractivity contribution >= 4 is 15.9 Å². The fourth-order valence-corrected chi connectivity index (χ4v) is 4.38. The minimum Gasteiger partial charge on any atom is -0.324 e. The van der Waals surface area contributed by atoms with Crippen LogP contribution in [0.2, 0.25) is 0 Å². The number of rotatable bonds is 0. The molecule has 0 radical (unpaired) electrons. The second kappa shape index (κ2) is 5.07. The van der Waals surface area contributed by atoms with Crippen molar-refractivity contribution in [3.63, 3.8) is 0 Å². The summed E-state index contributed by atoms with van der Waals surface area (Å²) in [5, 5.41) is 0. The van der Waals surface area contributed by atoms with Crippen LogP contribution in [0, 0.1) is 5.92 Å². The van der Waals surface area contributed by atoms with Crippen molar-refractivity contribution in [3.05, 3.63) is 0 Å². The Balaban J connectivity index is 2.01. The Morgan fingerprint density at radius 1 is 1.22 bits per heavy atom. The molecule has 0 aromatic rings. The minimum absolute atomic E-state index is 0.0175. The van der Waals surface area contributed by atoms with Gasteiger partial charge in [0.2, 0.25) is 0 Å². The zero-order chi connectivity index (χ0) is 13.3. The molecule has 2 aliphatic rings. The van der Waals surface area contributed by atoms with Crippen LogP contribution < -0.4 is 0 Å². The van der Waals surface area contributed by atoms with Gasteiger partial charge in [0.15, 0.2) is 9.84 Å². The maximum atomic E-state index is 12.4. The molecule has 2 fully saturated rings. The second-order valence-corrected chi connectivity index (χ2v) is 7.86. The topological polar surface area (TPSA) is 57.7 Å². The molecule has 2 unspecified atom stereocenters. The van der Waals surface area contributed by atoms with Gasteiger partial charge in [-0.25, -0.2) is 13.2 Å². The van der Waals surface area contributed by atoms with Gasteiger partial charge in [-0.1, -0.05) is 6.92 Å². The SMILES string of the molecule is CC1CCCN(C(=O)N2CCS(=O)(=O)CC2C)C1. The maximum Gasteiger partial charge on any atom is 0.320 e. The molecule has 5 nitrogen and oxygen atoms in total. The molecule has 0 aliphatic carbocycles. The summed E-state index contributed by atoms with van der Waals surface area (Å²) < 4.78 is 23.0. The van der Waals surface area contributed by atoms with Crippen LogP contribution >= 0.6 is 0 Å². The summed E-state index contributed by atoms with van der Waals surface area (Å²) in [5.41, 5.74) is 0. The first-order valence-corrected chi connectivity index (χ1v) is 8.47. The molecule has 18 heavy (non-hydrogen) atoms. The third-order valence-electron chi connectivity index (χ3n) is 3.84. The molecule has 2 amide bonds. The number of likely N-dealkylation sites (tertiary alicyclic amines) is 1. The number of carbonyl (C=O) groups excluding carboxylic acids is 1. The summed E-state index contributed by atoms with van der Waals surface area (Å²) in [4.78, 5) is 16.0. The fourth-order valence-electron chi connectivity index (χ4n) is 2.83. The molecule has 0 saturated carbocycles. The highest BCUT2D eigenvalue weighted by Gasteiger charge is 2.34. The van der Waals surface area contributed by atoms with E-state index < -0.39 is 9.84 Å². The number of amides is 2. The predicted octanol–water partition coefficient (Wildman–Crippen LogP) is 0.957. The molecule has 2 aliphatic heterocycles. The monoisotopic (exact) mass is 274 g/mol. The van der Waals surface area contributed by atoms with Crippen molar-refractivity contribution in [2.45, 2.75) is 32.7 Å². The Kier molecular flexibility index (Phi) is 3.84. The molecule has 2 heterocycles. The van der Waals surface area contributed by atoms with Gasteiger partial charge >= 0.3 is 6.03 Å². The Labute approximate surface area is 109 Å². The van der Waals surface area contributed by atoms with Gasteiger partial charge in [0.25, 0.3) is 0 Å². The standard InChI is InChI=1S/C12H22N2O3S/c1-10-4-3-5-13(8-10)12(15)14-6-7-18(16,17)9-11(14)2/h10-11H,3-9H2,1-2H3. The van der Waals surface area contributed by atoms with Crippen LogP contribution in [0.15, 0.2) is 0 Å². The quantitative estimate of drug-likeness (QED) is 0.661.